The average Bonchev–Trinajstić information content (AvgIpc) is 2.75. The van der Waals surface area contributed by atoms with E-state index < -0.39 is 10.0 Å². The van der Waals surface area contributed by atoms with Crippen LogP contribution in [-0.4, -0.2) is 64.4 Å². The molecule has 18 heavy (non-hydrogen) atoms. The van der Waals surface area contributed by atoms with E-state index in [0.29, 0.717) is 11.5 Å². The lowest BCUT2D eigenvalue weighted by molar-refractivity contribution is 0.521. The van der Waals surface area contributed by atoms with Gasteiger partial charge in [0.25, 0.3) is 0 Å². The highest BCUT2D eigenvalue weighted by atomic mass is 32.2. The molecule has 2 heterocycles. The Morgan fingerprint density at radius 2 is 2.17 bits per heavy atom. The van der Waals surface area contributed by atoms with Crippen LogP contribution in [-0.2, 0) is 10.0 Å². The monoisotopic (exact) mass is 271 g/mol. The van der Waals surface area contributed by atoms with Crippen LogP contribution in [0.1, 0.15) is 0 Å². The van der Waals surface area contributed by atoms with Crippen molar-refractivity contribution in [1.82, 2.24) is 29.6 Å². The van der Waals surface area contributed by atoms with E-state index in [-0.39, 0.29) is 12.3 Å². The molecule has 0 saturated heterocycles. The highest BCUT2D eigenvalue weighted by Gasteiger charge is 2.12. The molecule has 0 bridgehead atoms. The molecule has 0 spiro atoms. The average molecular weight is 271 g/mol. The van der Waals surface area contributed by atoms with Gasteiger partial charge < -0.3 is 5.32 Å². The van der Waals surface area contributed by atoms with Crippen LogP contribution in [0.25, 0.3) is 5.65 Å². The molecule has 0 saturated carbocycles. The van der Waals surface area contributed by atoms with Crippen molar-refractivity contribution in [2.45, 2.75) is 0 Å². The fraction of sp³-hybridized carbons (Fsp3) is 0.500. The van der Waals surface area contributed by atoms with Crippen LogP contribution in [0.2, 0.25) is 0 Å². The first-order valence-electron chi connectivity index (χ1n) is 5.18. The Kier molecular flexibility index (Phi) is 3.39. The molecule has 0 aliphatic carbocycles. The normalized spacial score (nSPS) is 12.2. The van der Waals surface area contributed by atoms with Crippen molar-refractivity contribution in [3.05, 3.63) is 12.1 Å². The van der Waals surface area contributed by atoms with Gasteiger partial charge in [0.05, 0.1) is 5.75 Å². The molecule has 2 rings (SSSR count). The molecule has 0 atom stereocenters. The number of hydrogen-bond acceptors (Lipinski definition) is 7. The molecule has 0 radical (unpaired) electrons. The molecular weight excluding hydrogens is 258 g/mol. The maximum absolute atomic E-state index is 11.5. The first kappa shape index (κ1) is 12.6. The molecule has 0 unspecified atom stereocenters. The second-order valence-corrected chi connectivity index (χ2v) is 6.07. The van der Waals surface area contributed by atoms with Crippen LogP contribution in [0.5, 0.6) is 0 Å². The van der Waals surface area contributed by atoms with Gasteiger partial charge in [-0.3, -0.25) is 0 Å². The summed E-state index contributed by atoms with van der Waals surface area (Å²) in [5.41, 5.74) is 0.529. The van der Waals surface area contributed by atoms with Crippen LogP contribution in [0.3, 0.4) is 0 Å². The fourth-order valence-corrected chi connectivity index (χ4v) is 1.96. The molecule has 0 fully saturated rings. The van der Waals surface area contributed by atoms with Gasteiger partial charge in [-0.05, 0) is 22.6 Å². The van der Waals surface area contributed by atoms with E-state index in [9.17, 15) is 8.42 Å². The Bertz CT molecular complexity index is 636. The van der Waals surface area contributed by atoms with E-state index in [1.54, 1.807) is 12.1 Å². The maximum atomic E-state index is 11.5. The predicted molar refractivity (Wildman–Crippen MR) is 64.5 cm³/mol. The molecule has 2 aromatic rings. The quantitative estimate of drug-likeness (QED) is 0.729. The van der Waals surface area contributed by atoms with Gasteiger partial charge in [-0.2, -0.15) is 0 Å². The Morgan fingerprint density at radius 3 is 2.89 bits per heavy atom. The lowest BCUT2D eigenvalue weighted by atomic mass is 10.5. The summed E-state index contributed by atoms with van der Waals surface area (Å²) in [6, 6.07) is 3.38. The van der Waals surface area contributed by atoms with Gasteiger partial charge in [0.2, 0.25) is 10.0 Å². The molecule has 1 N–H and O–H groups in total. The van der Waals surface area contributed by atoms with Crippen LogP contribution in [0.4, 0.5) is 5.82 Å². The van der Waals surface area contributed by atoms with Crippen molar-refractivity contribution in [2.24, 2.45) is 0 Å². The zero-order valence-corrected chi connectivity index (χ0v) is 10.8. The van der Waals surface area contributed by atoms with Crippen molar-refractivity contribution in [1.29, 1.82) is 0 Å². The van der Waals surface area contributed by atoms with Crippen molar-refractivity contribution < 1.29 is 8.42 Å². The lowest BCUT2D eigenvalue weighted by Crippen LogP contribution is -2.28. The summed E-state index contributed by atoms with van der Waals surface area (Å²) >= 11 is 0. The Labute approximate surface area is 104 Å². The molecule has 2 aromatic heterocycles. The third-order valence-corrected chi connectivity index (χ3v) is 4.12. The summed E-state index contributed by atoms with van der Waals surface area (Å²) in [6.45, 7) is 0.265. The van der Waals surface area contributed by atoms with E-state index >= 15 is 0 Å². The summed E-state index contributed by atoms with van der Waals surface area (Å²) in [4.78, 5) is 0. The van der Waals surface area contributed by atoms with Gasteiger partial charge in [-0.25, -0.2) is 12.7 Å². The number of anilines is 1. The van der Waals surface area contributed by atoms with E-state index in [0.717, 1.165) is 0 Å². The minimum atomic E-state index is -3.20. The van der Waals surface area contributed by atoms with Gasteiger partial charge in [0.15, 0.2) is 5.65 Å². The highest BCUT2D eigenvalue weighted by Crippen LogP contribution is 2.03. The van der Waals surface area contributed by atoms with E-state index in [1.807, 2.05) is 0 Å². The number of nitrogens with zero attached hydrogens (tertiary/aromatic N) is 6. The lowest BCUT2D eigenvalue weighted by Gasteiger charge is -2.11. The van der Waals surface area contributed by atoms with Gasteiger partial charge >= 0.3 is 0 Å². The van der Waals surface area contributed by atoms with Gasteiger partial charge in [0, 0.05) is 20.6 Å². The summed E-state index contributed by atoms with van der Waals surface area (Å²) < 4.78 is 25.5. The second-order valence-electron chi connectivity index (χ2n) is 3.77. The fourth-order valence-electron chi connectivity index (χ4n) is 1.23. The number of hydrogen-bond donors (Lipinski definition) is 1. The van der Waals surface area contributed by atoms with Crippen molar-refractivity contribution in [3.63, 3.8) is 0 Å². The van der Waals surface area contributed by atoms with E-state index in [4.69, 9.17) is 0 Å². The van der Waals surface area contributed by atoms with Gasteiger partial charge in [0.1, 0.15) is 5.82 Å². The molecule has 98 valence electrons. The zero-order chi connectivity index (χ0) is 13.2. The number of rotatable bonds is 5. The molecule has 0 amide bonds. The van der Waals surface area contributed by atoms with Crippen molar-refractivity contribution in [3.8, 4) is 0 Å². The van der Waals surface area contributed by atoms with Crippen LogP contribution in [0.15, 0.2) is 12.1 Å². The highest BCUT2D eigenvalue weighted by molar-refractivity contribution is 7.89. The number of fused-ring (bicyclic) bond motifs is 1. The standard InChI is InChI=1S/C8H13N7O2S/c1-14(2)18(16,17)6-5-9-7-3-4-8-10-12-13-15(8)11-7/h3-4H,5-6H2,1-2H3,(H,9,11). The maximum Gasteiger partial charge on any atom is 0.215 e. The number of aromatic nitrogens is 5. The van der Waals surface area contributed by atoms with Gasteiger partial charge in [-0.15, -0.1) is 14.8 Å². The third kappa shape index (κ3) is 2.71. The molecule has 0 aliphatic heterocycles. The number of sulfonamides is 1. The summed E-state index contributed by atoms with van der Waals surface area (Å²) in [7, 11) is -0.203. The molecule has 9 nitrogen and oxygen atoms in total. The Morgan fingerprint density at radius 1 is 1.39 bits per heavy atom. The van der Waals surface area contributed by atoms with E-state index in [1.165, 1.54) is 23.0 Å². The molecule has 0 aliphatic rings. The summed E-state index contributed by atoms with van der Waals surface area (Å²) in [5.74, 6) is 0.513. The summed E-state index contributed by atoms with van der Waals surface area (Å²) in [5, 5.41) is 17.8. The SMILES string of the molecule is CN(C)S(=O)(=O)CCNc1ccc2nnnn2n1. The Hall–Kier alpha value is -1.81. The molecular formula is C8H13N7O2S. The number of tetrazole rings is 1. The van der Waals surface area contributed by atoms with Gasteiger partial charge in [-0.1, -0.05) is 0 Å². The Balaban J connectivity index is 1.98. The minimum absolute atomic E-state index is 0.00464. The van der Waals surface area contributed by atoms with E-state index in [2.05, 4.69) is 25.9 Å². The smallest absolute Gasteiger partial charge is 0.215 e. The third-order valence-electron chi connectivity index (χ3n) is 2.29. The van der Waals surface area contributed by atoms with Crippen molar-refractivity contribution in [2.75, 3.05) is 31.7 Å². The minimum Gasteiger partial charge on any atom is -0.368 e. The number of nitrogens with one attached hydrogen (secondary N) is 1. The van der Waals surface area contributed by atoms with Crippen molar-refractivity contribution >= 4 is 21.5 Å². The predicted octanol–water partition coefficient (Wildman–Crippen LogP) is -1.18. The van der Waals surface area contributed by atoms with Crippen LogP contribution in [0, 0.1) is 0 Å². The van der Waals surface area contributed by atoms with Crippen LogP contribution >= 0.6 is 0 Å². The second kappa shape index (κ2) is 4.82. The molecule has 10 heteroatoms. The zero-order valence-electron chi connectivity index (χ0n) is 9.98. The largest absolute Gasteiger partial charge is 0.368 e. The molecule has 0 aromatic carbocycles. The first-order valence-corrected chi connectivity index (χ1v) is 6.79. The summed E-state index contributed by atoms with van der Waals surface area (Å²) in [6.07, 6.45) is 0. The van der Waals surface area contributed by atoms with Crippen LogP contribution < -0.4 is 5.32 Å². The topological polar surface area (TPSA) is 105 Å². The first-order chi connectivity index (χ1) is 8.49.